The summed E-state index contributed by atoms with van der Waals surface area (Å²) in [6.07, 6.45) is 5.22. The van der Waals surface area contributed by atoms with Crippen LogP contribution < -0.4 is 10.6 Å². The van der Waals surface area contributed by atoms with Crippen LogP contribution in [0, 0.1) is 17.0 Å². The Kier molecular flexibility index (Phi) is 8.12. The molecule has 10 heteroatoms. The summed E-state index contributed by atoms with van der Waals surface area (Å²) in [5.74, 6) is -0.717. The van der Waals surface area contributed by atoms with Crippen LogP contribution in [-0.2, 0) is 0 Å². The molecule has 2 aromatic carbocycles. The van der Waals surface area contributed by atoms with E-state index in [1.165, 1.54) is 30.3 Å². The molecule has 1 heterocycles. The van der Waals surface area contributed by atoms with Crippen molar-refractivity contribution in [2.24, 2.45) is 0 Å². The molecule has 3 aromatic rings. The van der Waals surface area contributed by atoms with E-state index in [0.29, 0.717) is 15.7 Å². The number of rotatable bonds is 7. The highest BCUT2D eigenvalue weighted by Gasteiger charge is 2.15. The van der Waals surface area contributed by atoms with Crippen LogP contribution in [-0.4, -0.2) is 26.7 Å². The summed E-state index contributed by atoms with van der Waals surface area (Å²) in [4.78, 5) is 39.9. The molecule has 1 amide bonds. The number of nitro groups is 1. The summed E-state index contributed by atoms with van der Waals surface area (Å²) in [6, 6.07) is 14.9. The van der Waals surface area contributed by atoms with Gasteiger partial charge in [0.15, 0.2) is 16.0 Å². The average molecular weight is 493 g/mol. The number of carbonyl (C=O) groups excluding carboxylic acids is 2. The molecule has 0 saturated carbocycles. The summed E-state index contributed by atoms with van der Waals surface area (Å²) in [6.45, 7) is 3.63. The van der Waals surface area contributed by atoms with Gasteiger partial charge in [-0.1, -0.05) is 59.4 Å². The molecule has 0 aliphatic rings. The third kappa shape index (κ3) is 6.74. The van der Waals surface area contributed by atoms with E-state index in [0.717, 1.165) is 22.5 Å². The van der Waals surface area contributed by atoms with Crippen molar-refractivity contribution in [2.75, 3.05) is 5.32 Å². The van der Waals surface area contributed by atoms with Crippen molar-refractivity contribution >= 4 is 57.3 Å². The normalized spacial score (nSPS) is 11.3. The molecule has 8 nitrogen and oxygen atoms in total. The predicted molar refractivity (Wildman–Crippen MR) is 137 cm³/mol. The molecule has 0 atom stereocenters. The Morgan fingerprint density at radius 2 is 1.76 bits per heavy atom. The first-order chi connectivity index (χ1) is 16.2. The van der Waals surface area contributed by atoms with Crippen LogP contribution in [0.15, 0.2) is 72.3 Å². The van der Waals surface area contributed by atoms with Crippen LogP contribution in [0.3, 0.4) is 0 Å². The van der Waals surface area contributed by atoms with Crippen LogP contribution in [0.4, 0.5) is 10.8 Å². The van der Waals surface area contributed by atoms with Crippen molar-refractivity contribution < 1.29 is 14.5 Å². The van der Waals surface area contributed by atoms with Crippen LogP contribution in [0.2, 0.25) is 0 Å². The number of ketones is 1. The summed E-state index contributed by atoms with van der Waals surface area (Å²) in [5.41, 5.74) is 2.60. The molecule has 0 spiro atoms. The van der Waals surface area contributed by atoms with Gasteiger partial charge in [-0.05, 0) is 49.8 Å². The van der Waals surface area contributed by atoms with Gasteiger partial charge in [-0.25, -0.2) is 4.98 Å². The van der Waals surface area contributed by atoms with Crippen molar-refractivity contribution in [1.82, 2.24) is 10.3 Å². The number of non-ortho nitro benzene ring substituents is 1. The Bertz CT molecular complexity index is 1300. The number of carbonyl (C=O) groups is 2. The second-order valence-corrected chi connectivity index (χ2v) is 8.55. The SMILES string of the molecule is CC(C=CC(=O)c1sc(NC(=S)NC(=O)c2ccc([N+](=O)[O-])cc2)nc1C)=Cc1ccccc1. The average Bonchev–Trinajstić information content (AvgIpc) is 3.17. The van der Waals surface area contributed by atoms with Gasteiger partial charge in [-0.15, -0.1) is 0 Å². The van der Waals surface area contributed by atoms with Crippen molar-refractivity contribution in [2.45, 2.75) is 13.8 Å². The van der Waals surface area contributed by atoms with E-state index in [1.54, 1.807) is 13.0 Å². The van der Waals surface area contributed by atoms with E-state index in [1.807, 2.05) is 43.3 Å². The molecule has 0 fully saturated rings. The smallest absolute Gasteiger partial charge is 0.269 e. The highest BCUT2D eigenvalue weighted by molar-refractivity contribution is 7.80. The standard InChI is InChI=1S/C24H20N4O4S2/c1-15(14-17-6-4-3-5-7-17)8-13-20(29)21-16(2)25-24(34-21)27-23(33)26-22(30)18-9-11-19(12-10-18)28(31)32/h3-14H,1-2H3,(H2,25,26,27,30,33). The van der Waals surface area contributed by atoms with Gasteiger partial charge in [-0.2, -0.15) is 0 Å². The fourth-order valence-corrected chi connectivity index (χ4v) is 4.00. The largest absolute Gasteiger partial charge is 0.308 e. The third-order valence-corrected chi connectivity index (χ3v) is 5.79. The number of nitrogens with one attached hydrogen (secondary N) is 2. The van der Waals surface area contributed by atoms with Crippen LogP contribution in [0.25, 0.3) is 6.08 Å². The summed E-state index contributed by atoms with van der Waals surface area (Å²) < 4.78 is 0. The number of thiocarbonyl (C=S) groups is 1. The zero-order valence-corrected chi connectivity index (χ0v) is 19.9. The van der Waals surface area contributed by atoms with Gasteiger partial charge in [0.1, 0.15) is 0 Å². The zero-order valence-electron chi connectivity index (χ0n) is 18.3. The molecule has 0 unspecified atom stereocenters. The maximum absolute atomic E-state index is 12.6. The first-order valence-corrected chi connectivity index (χ1v) is 11.3. The van der Waals surface area contributed by atoms with Crippen LogP contribution in [0.5, 0.6) is 0 Å². The Morgan fingerprint density at radius 1 is 1.09 bits per heavy atom. The van der Waals surface area contributed by atoms with E-state index < -0.39 is 10.8 Å². The Morgan fingerprint density at radius 3 is 2.41 bits per heavy atom. The molecule has 34 heavy (non-hydrogen) atoms. The monoisotopic (exact) mass is 492 g/mol. The maximum Gasteiger partial charge on any atom is 0.269 e. The van der Waals surface area contributed by atoms with Gasteiger partial charge in [0.2, 0.25) is 0 Å². The van der Waals surface area contributed by atoms with Gasteiger partial charge < -0.3 is 5.32 Å². The molecule has 2 N–H and O–H groups in total. The van der Waals surface area contributed by atoms with E-state index in [4.69, 9.17) is 12.2 Å². The van der Waals surface area contributed by atoms with Gasteiger partial charge in [0.05, 0.1) is 15.5 Å². The van der Waals surface area contributed by atoms with E-state index >= 15 is 0 Å². The van der Waals surface area contributed by atoms with Crippen molar-refractivity contribution in [1.29, 1.82) is 0 Å². The fraction of sp³-hybridized carbons (Fsp3) is 0.0833. The lowest BCUT2D eigenvalue weighted by atomic mass is 10.1. The molecule has 3 rings (SSSR count). The van der Waals surface area contributed by atoms with Gasteiger partial charge in [0, 0.05) is 17.7 Å². The van der Waals surface area contributed by atoms with E-state index in [9.17, 15) is 19.7 Å². The first kappa shape index (κ1) is 24.6. The molecule has 0 bridgehead atoms. The minimum Gasteiger partial charge on any atom is -0.308 e. The number of aryl methyl sites for hydroxylation is 1. The number of thiazole rings is 1. The number of anilines is 1. The molecule has 0 aliphatic carbocycles. The number of hydrogen-bond acceptors (Lipinski definition) is 7. The van der Waals surface area contributed by atoms with Gasteiger partial charge in [-0.3, -0.25) is 25.0 Å². The number of amides is 1. The van der Waals surface area contributed by atoms with Gasteiger partial charge in [0.25, 0.3) is 11.6 Å². The molecule has 0 radical (unpaired) electrons. The molecule has 0 aliphatic heterocycles. The zero-order chi connectivity index (χ0) is 24.7. The number of nitrogens with zero attached hydrogens (tertiary/aromatic N) is 2. The number of hydrogen-bond donors (Lipinski definition) is 2. The quantitative estimate of drug-likeness (QED) is 0.114. The predicted octanol–water partition coefficient (Wildman–Crippen LogP) is 5.33. The number of allylic oxidation sites excluding steroid dienone is 3. The second kappa shape index (κ2) is 11.2. The molecule has 172 valence electrons. The highest BCUT2D eigenvalue weighted by Crippen LogP contribution is 2.23. The minimum absolute atomic E-state index is 0.00622. The highest BCUT2D eigenvalue weighted by atomic mass is 32.1. The summed E-state index contributed by atoms with van der Waals surface area (Å²) in [7, 11) is 0. The fourth-order valence-electron chi connectivity index (χ4n) is 2.86. The Balaban J connectivity index is 1.60. The van der Waals surface area contributed by atoms with Crippen molar-refractivity contribution in [3.05, 3.63) is 104 Å². The lowest BCUT2D eigenvalue weighted by Crippen LogP contribution is -2.34. The van der Waals surface area contributed by atoms with E-state index in [-0.39, 0.29) is 22.1 Å². The number of aromatic nitrogens is 1. The third-order valence-electron chi connectivity index (χ3n) is 4.50. The molecule has 0 saturated heterocycles. The summed E-state index contributed by atoms with van der Waals surface area (Å²) >= 11 is 6.28. The lowest BCUT2D eigenvalue weighted by molar-refractivity contribution is -0.384. The Labute approximate surface area is 205 Å². The first-order valence-electron chi connectivity index (χ1n) is 10.0. The maximum atomic E-state index is 12.6. The van der Waals surface area contributed by atoms with Crippen LogP contribution in [0.1, 0.15) is 38.2 Å². The van der Waals surface area contributed by atoms with Crippen molar-refractivity contribution in [3.8, 4) is 0 Å². The van der Waals surface area contributed by atoms with Crippen LogP contribution >= 0.6 is 23.6 Å². The second-order valence-electron chi connectivity index (χ2n) is 7.14. The number of benzene rings is 2. The van der Waals surface area contributed by atoms with Crippen molar-refractivity contribution in [3.63, 3.8) is 0 Å². The molecule has 1 aromatic heterocycles. The van der Waals surface area contributed by atoms with E-state index in [2.05, 4.69) is 15.6 Å². The van der Waals surface area contributed by atoms with Gasteiger partial charge >= 0.3 is 0 Å². The minimum atomic E-state index is -0.548. The summed E-state index contributed by atoms with van der Waals surface area (Å²) in [5, 5.41) is 16.4. The lowest BCUT2D eigenvalue weighted by Gasteiger charge is -2.07. The molecular formula is C24H20N4O4S2. The number of nitro benzene ring substituents is 1. The topological polar surface area (TPSA) is 114 Å². The molecular weight excluding hydrogens is 472 g/mol. The Hall–Kier alpha value is -4.02.